The van der Waals surface area contributed by atoms with Crippen LogP contribution in [-0.2, 0) is 5.41 Å². The molecule has 0 aromatic heterocycles. The van der Waals surface area contributed by atoms with Crippen LogP contribution in [0.25, 0.3) is 0 Å². The van der Waals surface area contributed by atoms with Gasteiger partial charge in [-0.25, -0.2) is 0 Å². The molecule has 0 unspecified atom stereocenters. The van der Waals surface area contributed by atoms with Crippen LogP contribution in [0.4, 0.5) is 0 Å². The van der Waals surface area contributed by atoms with E-state index in [-0.39, 0.29) is 0 Å². The Labute approximate surface area is 197 Å². The summed E-state index contributed by atoms with van der Waals surface area (Å²) in [6, 6.07) is 18.0. The highest BCUT2D eigenvalue weighted by molar-refractivity contribution is 9.11. The van der Waals surface area contributed by atoms with E-state index in [1.165, 1.54) is 75.2 Å². The third kappa shape index (κ3) is 5.50. The first-order valence-electron chi connectivity index (χ1n) is 11.0. The van der Waals surface area contributed by atoms with Gasteiger partial charge in [0.05, 0.1) is 0 Å². The van der Waals surface area contributed by atoms with E-state index < -0.39 is 0 Å². The maximum absolute atomic E-state index is 3.60. The summed E-state index contributed by atoms with van der Waals surface area (Å²) >= 11 is 9.16. The van der Waals surface area contributed by atoms with E-state index in [1.807, 2.05) is 11.8 Å². The molecule has 2 aromatic rings. The lowest BCUT2D eigenvalue weighted by Crippen LogP contribution is -2.38. The van der Waals surface area contributed by atoms with Gasteiger partial charge in [-0.15, -0.1) is 11.8 Å². The second-order valence-electron chi connectivity index (χ2n) is 8.65. The lowest BCUT2D eigenvalue weighted by Gasteiger charge is -2.44. The van der Waals surface area contributed by atoms with Gasteiger partial charge in [0, 0.05) is 13.8 Å². The number of nitrogens with zero attached hydrogens (tertiary/aromatic N) is 1. The van der Waals surface area contributed by atoms with Crippen LogP contribution in [0.15, 0.2) is 62.4 Å². The minimum absolute atomic E-state index is 0.436. The number of rotatable bonds is 6. The molecule has 1 nitrogen and oxygen atoms in total. The van der Waals surface area contributed by atoms with Gasteiger partial charge in [-0.2, -0.15) is 0 Å². The fourth-order valence-corrected chi connectivity index (χ4v) is 8.00. The van der Waals surface area contributed by atoms with Gasteiger partial charge in [0.15, 0.2) is 0 Å². The third-order valence-corrected chi connectivity index (χ3v) is 8.92. The summed E-state index contributed by atoms with van der Waals surface area (Å²) in [6.07, 6.45) is 9.63. The largest absolute Gasteiger partial charge is 0.303 e. The Balaban J connectivity index is 1.33. The topological polar surface area (TPSA) is 3.24 Å². The number of hydrogen-bond donors (Lipinski definition) is 0. The van der Waals surface area contributed by atoms with Crippen LogP contribution in [0.3, 0.4) is 0 Å². The molecule has 4 heteroatoms. The molecular formula is C25H31Br2NS. The number of thioether (sulfide) groups is 1. The van der Waals surface area contributed by atoms with Gasteiger partial charge in [0.1, 0.15) is 0 Å². The molecule has 2 atom stereocenters. The average Bonchev–Trinajstić information content (AvgIpc) is 2.92. The van der Waals surface area contributed by atoms with Crippen molar-refractivity contribution in [2.45, 2.75) is 55.3 Å². The zero-order chi connectivity index (χ0) is 20.1. The molecule has 4 rings (SSSR count). The average molecular weight is 537 g/mol. The molecule has 2 aromatic carbocycles. The minimum atomic E-state index is 0.436. The van der Waals surface area contributed by atoms with Gasteiger partial charge in [-0.1, -0.05) is 75.0 Å². The van der Waals surface area contributed by atoms with Crippen LogP contribution in [0.2, 0.25) is 0 Å². The van der Waals surface area contributed by atoms with Crippen molar-refractivity contribution in [3.05, 3.63) is 63.0 Å². The standard InChI is InChI=1S/C25H31Br2NS/c26-22-17-23(27)19-24(18-22)29-16-6-13-28-14-10-21-9-4-5-11-25(21,12-15-28)20-7-2-1-3-8-20/h1-3,7-8,17-19,21H,4-6,9-16H2/t21-,25-/m0/s1. The van der Waals surface area contributed by atoms with Crippen molar-refractivity contribution in [2.24, 2.45) is 5.92 Å². The smallest absolute Gasteiger partial charge is 0.0197 e. The molecule has 0 radical (unpaired) electrons. The summed E-state index contributed by atoms with van der Waals surface area (Å²) in [5.74, 6) is 2.06. The summed E-state index contributed by atoms with van der Waals surface area (Å²) in [5, 5.41) is 0. The van der Waals surface area contributed by atoms with Crippen molar-refractivity contribution in [3.8, 4) is 0 Å². The Morgan fingerprint density at radius 1 is 0.931 bits per heavy atom. The summed E-state index contributed by atoms with van der Waals surface area (Å²) in [7, 11) is 0. The van der Waals surface area contributed by atoms with E-state index in [4.69, 9.17) is 0 Å². The molecule has 0 N–H and O–H groups in total. The molecule has 1 saturated heterocycles. The Morgan fingerprint density at radius 3 is 2.52 bits per heavy atom. The maximum atomic E-state index is 3.60. The van der Waals surface area contributed by atoms with Crippen molar-refractivity contribution in [2.75, 3.05) is 25.4 Å². The highest BCUT2D eigenvalue weighted by atomic mass is 79.9. The van der Waals surface area contributed by atoms with Crippen LogP contribution in [0.5, 0.6) is 0 Å². The minimum Gasteiger partial charge on any atom is -0.303 e. The van der Waals surface area contributed by atoms with Crippen LogP contribution >= 0.6 is 43.6 Å². The van der Waals surface area contributed by atoms with Gasteiger partial charge in [0.2, 0.25) is 0 Å². The van der Waals surface area contributed by atoms with Gasteiger partial charge < -0.3 is 4.90 Å². The van der Waals surface area contributed by atoms with E-state index >= 15 is 0 Å². The van der Waals surface area contributed by atoms with E-state index in [9.17, 15) is 0 Å². The fourth-order valence-electron chi connectivity index (χ4n) is 5.48. The normalized spacial score (nSPS) is 25.4. The van der Waals surface area contributed by atoms with Crippen molar-refractivity contribution in [3.63, 3.8) is 0 Å². The van der Waals surface area contributed by atoms with Crippen LogP contribution in [0.1, 0.15) is 50.5 Å². The molecule has 2 aliphatic rings. The Kier molecular flexibility index (Phi) is 7.82. The lowest BCUT2D eigenvalue weighted by molar-refractivity contribution is 0.176. The zero-order valence-corrected chi connectivity index (χ0v) is 21.1. The fraction of sp³-hybridized carbons (Fsp3) is 0.520. The molecular weight excluding hydrogens is 506 g/mol. The Morgan fingerprint density at radius 2 is 1.72 bits per heavy atom. The molecule has 0 spiro atoms. The molecule has 1 aliphatic heterocycles. The monoisotopic (exact) mass is 535 g/mol. The van der Waals surface area contributed by atoms with Crippen molar-refractivity contribution in [1.82, 2.24) is 4.90 Å². The molecule has 156 valence electrons. The highest BCUT2D eigenvalue weighted by Crippen LogP contribution is 2.49. The second kappa shape index (κ2) is 10.3. The third-order valence-electron chi connectivity index (χ3n) is 6.95. The van der Waals surface area contributed by atoms with Crippen molar-refractivity contribution >= 4 is 43.6 Å². The number of halogens is 2. The molecule has 1 saturated carbocycles. The van der Waals surface area contributed by atoms with Crippen LogP contribution < -0.4 is 0 Å². The summed E-state index contributed by atoms with van der Waals surface area (Å²) in [5.41, 5.74) is 2.05. The molecule has 1 aliphatic carbocycles. The van der Waals surface area contributed by atoms with Crippen LogP contribution in [0, 0.1) is 5.92 Å². The van der Waals surface area contributed by atoms with Crippen molar-refractivity contribution in [1.29, 1.82) is 0 Å². The number of fused-ring (bicyclic) bond motifs is 1. The number of benzene rings is 2. The first kappa shape index (κ1) is 21.9. The molecule has 0 amide bonds. The SMILES string of the molecule is Brc1cc(Br)cc(SCCCN2CC[C@@H]3CCCC[C@@]3(c3ccccc3)CC2)c1. The van der Waals surface area contributed by atoms with Gasteiger partial charge in [0.25, 0.3) is 0 Å². The van der Waals surface area contributed by atoms with E-state index in [1.54, 1.807) is 5.56 Å². The van der Waals surface area contributed by atoms with Gasteiger partial charge >= 0.3 is 0 Å². The predicted molar refractivity (Wildman–Crippen MR) is 133 cm³/mol. The number of likely N-dealkylation sites (tertiary alicyclic amines) is 1. The summed E-state index contributed by atoms with van der Waals surface area (Å²) < 4.78 is 2.30. The zero-order valence-electron chi connectivity index (χ0n) is 17.1. The predicted octanol–water partition coefficient (Wildman–Crippen LogP) is 7.92. The highest BCUT2D eigenvalue weighted by Gasteiger charge is 2.43. The maximum Gasteiger partial charge on any atom is 0.0197 e. The second-order valence-corrected chi connectivity index (χ2v) is 11.7. The first-order chi connectivity index (χ1) is 14.2. The van der Waals surface area contributed by atoms with Crippen molar-refractivity contribution < 1.29 is 0 Å². The van der Waals surface area contributed by atoms with Gasteiger partial charge in [-0.3, -0.25) is 0 Å². The molecule has 1 heterocycles. The molecule has 29 heavy (non-hydrogen) atoms. The quantitative estimate of drug-likeness (QED) is 0.272. The van der Waals surface area contributed by atoms with E-state index in [0.29, 0.717) is 5.41 Å². The summed E-state index contributed by atoms with van der Waals surface area (Å²) in [4.78, 5) is 4.09. The van der Waals surface area contributed by atoms with Gasteiger partial charge in [-0.05, 0) is 92.6 Å². The Bertz CT molecular complexity index is 776. The molecule has 2 fully saturated rings. The van der Waals surface area contributed by atoms with E-state index in [2.05, 4.69) is 85.3 Å². The first-order valence-corrected chi connectivity index (χ1v) is 13.6. The molecule has 0 bridgehead atoms. The van der Waals surface area contributed by atoms with E-state index in [0.717, 1.165) is 14.9 Å². The lowest BCUT2D eigenvalue weighted by atomic mass is 9.60. The summed E-state index contributed by atoms with van der Waals surface area (Å²) in [6.45, 7) is 3.78. The Hall–Kier alpha value is -0.290. The van der Waals surface area contributed by atoms with Crippen LogP contribution in [-0.4, -0.2) is 30.3 Å². The number of hydrogen-bond acceptors (Lipinski definition) is 2.